The highest BCUT2D eigenvalue weighted by atomic mass is 35.5. The molecule has 0 aromatic heterocycles. The Morgan fingerprint density at radius 2 is 1.86 bits per heavy atom. The van der Waals surface area contributed by atoms with Gasteiger partial charge in [-0.15, -0.1) is 0 Å². The van der Waals surface area contributed by atoms with Crippen molar-refractivity contribution in [1.29, 1.82) is 0 Å². The quantitative estimate of drug-likeness (QED) is 0.757. The van der Waals surface area contributed by atoms with E-state index in [-0.39, 0.29) is 27.4 Å². The highest BCUT2D eigenvalue weighted by Crippen LogP contribution is 2.38. The molecule has 0 radical (unpaired) electrons. The van der Waals surface area contributed by atoms with Crippen LogP contribution in [-0.2, 0) is 27.4 Å². The van der Waals surface area contributed by atoms with Crippen LogP contribution in [0.3, 0.4) is 0 Å². The Labute approximate surface area is 170 Å². The van der Waals surface area contributed by atoms with Crippen LogP contribution in [0.2, 0.25) is 5.02 Å². The molecule has 10 heteroatoms. The summed E-state index contributed by atoms with van der Waals surface area (Å²) in [4.78, 5) is 13.9. The maximum absolute atomic E-state index is 12.9. The molecule has 29 heavy (non-hydrogen) atoms. The fraction of sp³-hybridized carbons (Fsp3) is 0.316. The Hall–Kier alpha value is -2.26. The van der Waals surface area contributed by atoms with Crippen LogP contribution in [0, 0.1) is 5.92 Å². The first-order chi connectivity index (χ1) is 13.6. The lowest BCUT2D eigenvalue weighted by molar-refractivity contribution is -0.137. The fourth-order valence-corrected chi connectivity index (χ4v) is 4.65. The topological polar surface area (TPSA) is 66.5 Å². The van der Waals surface area contributed by atoms with Crippen LogP contribution >= 0.6 is 11.6 Å². The van der Waals surface area contributed by atoms with Gasteiger partial charge in [0.25, 0.3) is 10.0 Å². The van der Waals surface area contributed by atoms with Crippen molar-refractivity contribution in [3.8, 4) is 0 Å². The average molecular weight is 445 g/mol. The van der Waals surface area contributed by atoms with Gasteiger partial charge in [0.1, 0.15) is 0 Å². The van der Waals surface area contributed by atoms with Crippen molar-refractivity contribution in [2.24, 2.45) is 5.92 Å². The van der Waals surface area contributed by atoms with Gasteiger partial charge in [-0.05, 0) is 61.2 Å². The van der Waals surface area contributed by atoms with E-state index >= 15 is 0 Å². The predicted octanol–water partition coefficient (Wildman–Crippen LogP) is 4.46. The molecular formula is C19H16ClF3N2O3S. The van der Waals surface area contributed by atoms with Gasteiger partial charge in [-0.3, -0.25) is 9.52 Å². The van der Waals surface area contributed by atoms with Crippen LogP contribution in [0.25, 0.3) is 0 Å². The van der Waals surface area contributed by atoms with E-state index in [4.69, 9.17) is 11.6 Å². The first-order valence-corrected chi connectivity index (χ1v) is 10.8. The van der Waals surface area contributed by atoms with Crippen LogP contribution in [0.4, 0.5) is 24.5 Å². The average Bonchev–Trinajstić information content (AvgIpc) is 3.41. The summed E-state index contributed by atoms with van der Waals surface area (Å²) in [6, 6.07) is 6.77. The molecule has 2 aromatic carbocycles. The Morgan fingerprint density at radius 3 is 2.52 bits per heavy atom. The molecule has 0 spiro atoms. The standard InChI is InChI=1S/C19H16ClF3N2O3S/c20-15-5-3-13(19(21,22)23)10-16(15)24-29(27,28)14-4-6-17-12(9-14)7-8-25(17)18(26)11-1-2-11/h3-6,9-11,24H,1-2,7-8H2. The van der Waals surface area contributed by atoms with Gasteiger partial charge < -0.3 is 4.90 Å². The van der Waals surface area contributed by atoms with Gasteiger partial charge >= 0.3 is 6.18 Å². The maximum Gasteiger partial charge on any atom is 0.416 e. The third kappa shape index (κ3) is 3.93. The fourth-order valence-electron chi connectivity index (χ4n) is 3.31. The second kappa shape index (κ2) is 6.91. The second-order valence-electron chi connectivity index (χ2n) is 7.10. The number of carbonyl (C=O) groups is 1. The van der Waals surface area contributed by atoms with Crippen molar-refractivity contribution in [3.63, 3.8) is 0 Å². The van der Waals surface area contributed by atoms with Crippen LogP contribution in [0.5, 0.6) is 0 Å². The second-order valence-corrected chi connectivity index (χ2v) is 9.19. The zero-order valence-corrected chi connectivity index (χ0v) is 16.5. The summed E-state index contributed by atoms with van der Waals surface area (Å²) in [5.41, 5.74) is 0.0188. The van der Waals surface area contributed by atoms with E-state index in [2.05, 4.69) is 4.72 Å². The number of fused-ring (bicyclic) bond motifs is 1. The SMILES string of the molecule is O=C(C1CC1)N1CCc2cc(S(=O)(=O)Nc3cc(C(F)(F)F)ccc3Cl)ccc21. The van der Waals surface area contributed by atoms with E-state index < -0.39 is 21.8 Å². The van der Waals surface area contributed by atoms with Gasteiger partial charge in [-0.25, -0.2) is 8.42 Å². The van der Waals surface area contributed by atoms with E-state index in [9.17, 15) is 26.4 Å². The van der Waals surface area contributed by atoms with Gasteiger partial charge in [-0.1, -0.05) is 11.6 Å². The van der Waals surface area contributed by atoms with Gasteiger partial charge in [0.05, 0.1) is 21.2 Å². The largest absolute Gasteiger partial charge is 0.416 e. The molecule has 1 saturated carbocycles. The number of benzene rings is 2. The van der Waals surface area contributed by atoms with Gasteiger partial charge in [0.15, 0.2) is 0 Å². The van der Waals surface area contributed by atoms with Gasteiger partial charge in [-0.2, -0.15) is 13.2 Å². The summed E-state index contributed by atoms with van der Waals surface area (Å²) in [7, 11) is -4.17. The maximum atomic E-state index is 12.9. The molecule has 0 bridgehead atoms. The minimum atomic E-state index is -4.63. The number of hydrogen-bond acceptors (Lipinski definition) is 3. The summed E-state index contributed by atoms with van der Waals surface area (Å²) in [5.74, 6) is 0.0994. The van der Waals surface area contributed by atoms with Crippen molar-refractivity contribution in [3.05, 3.63) is 52.5 Å². The van der Waals surface area contributed by atoms with Gasteiger partial charge in [0, 0.05) is 18.2 Å². The molecule has 2 aliphatic rings. The third-order valence-corrected chi connectivity index (χ3v) is 6.68. The summed E-state index contributed by atoms with van der Waals surface area (Å²) < 4.78 is 66.3. The molecule has 4 rings (SSSR count). The lowest BCUT2D eigenvalue weighted by atomic mass is 10.2. The molecule has 5 nitrogen and oxygen atoms in total. The Morgan fingerprint density at radius 1 is 1.14 bits per heavy atom. The number of anilines is 2. The first kappa shape index (κ1) is 20.0. The number of carbonyl (C=O) groups excluding carboxylic acids is 1. The monoisotopic (exact) mass is 444 g/mol. The summed E-state index contributed by atoms with van der Waals surface area (Å²) in [6.07, 6.45) is -2.37. The lowest BCUT2D eigenvalue weighted by Crippen LogP contribution is -2.30. The minimum Gasteiger partial charge on any atom is -0.312 e. The third-order valence-electron chi connectivity index (χ3n) is 4.99. The lowest BCUT2D eigenvalue weighted by Gasteiger charge is -2.17. The molecule has 1 fully saturated rings. The van der Waals surface area contributed by atoms with Crippen molar-refractivity contribution in [2.45, 2.75) is 30.3 Å². The number of alkyl halides is 3. The number of rotatable bonds is 4. The van der Waals surface area contributed by atoms with Crippen LogP contribution < -0.4 is 9.62 Å². The van der Waals surface area contributed by atoms with Crippen molar-refractivity contribution < 1.29 is 26.4 Å². The number of halogens is 4. The number of nitrogens with one attached hydrogen (secondary N) is 1. The molecule has 0 atom stereocenters. The summed E-state index contributed by atoms with van der Waals surface area (Å²) >= 11 is 5.88. The van der Waals surface area contributed by atoms with Crippen molar-refractivity contribution in [2.75, 3.05) is 16.2 Å². The number of sulfonamides is 1. The van der Waals surface area contributed by atoms with E-state index in [1.165, 1.54) is 12.1 Å². The van der Waals surface area contributed by atoms with E-state index in [1.54, 1.807) is 11.0 Å². The highest BCUT2D eigenvalue weighted by Gasteiger charge is 2.37. The molecule has 0 unspecified atom stereocenters. The first-order valence-electron chi connectivity index (χ1n) is 8.90. The van der Waals surface area contributed by atoms with Crippen LogP contribution in [0.1, 0.15) is 24.0 Å². The molecule has 1 heterocycles. The minimum absolute atomic E-state index is 0.0493. The van der Waals surface area contributed by atoms with E-state index in [1.807, 2.05) is 0 Å². The van der Waals surface area contributed by atoms with Crippen molar-refractivity contribution in [1.82, 2.24) is 0 Å². The van der Waals surface area contributed by atoms with Crippen molar-refractivity contribution >= 4 is 38.9 Å². The predicted molar refractivity (Wildman–Crippen MR) is 102 cm³/mol. The smallest absolute Gasteiger partial charge is 0.312 e. The van der Waals surface area contributed by atoms with Crippen LogP contribution in [0.15, 0.2) is 41.3 Å². The van der Waals surface area contributed by atoms with Gasteiger partial charge in [0.2, 0.25) is 5.91 Å². The summed E-state index contributed by atoms with van der Waals surface area (Å²) in [5, 5.41) is -0.149. The molecule has 1 N–H and O–H groups in total. The molecule has 154 valence electrons. The summed E-state index contributed by atoms with van der Waals surface area (Å²) in [6.45, 7) is 0.487. The number of hydrogen-bond donors (Lipinski definition) is 1. The number of amides is 1. The number of nitrogens with zero attached hydrogens (tertiary/aromatic N) is 1. The highest BCUT2D eigenvalue weighted by molar-refractivity contribution is 7.92. The van der Waals surface area contributed by atoms with E-state index in [0.29, 0.717) is 30.3 Å². The Kier molecular flexibility index (Phi) is 4.77. The molecular weight excluding hydrogens is 429 g/mol. The molecule has 1 aliphatic carbocycles. The normalized spacial score (nSPS) is 16.6. The zero-order valence-electron chi connectivity index (χ0n) is 15.0. The zero-order chi connectivity index (χ0) is 21.0. The molecule has 1 aliphatic heterocycles. The van der Waals surface area contributed by atoms with Crippen LogP contribution in [-0.4, -0.2) is 20.9 Å². The molecule has 2 aromatic rings. The van der Waals surface area contributed by atoms with E-state index in [0.717, 1.165) is 25.0 Å². The molecule has 1 amide bonds. The Balaban J connectivity index is 1.61. The molecule has 0 saturated heterocycles. The Bertz CT molecular complexity index is 1100.